The Morgan fingerprint density at radius 2 is 2.04 bits per heavy atom. The van der Waals surface area contributed by atoms with Crippen molar-refractivity contribution in [3.63, 3.8) is 0 Å². The standard InChI is InChI=1S/C19H23ClN2O2S/c1-12(2)21-19-22(14-6-4-3-5-7-14)18(24)17(25-19)11-13-8-9-16(23)15(20)10-13/h8-12,14,23H,3-7H2,1-2H3/b17-11-,21-19?. The van der Waals surface area contributed by atoms with Gasteiger partial charge < -0.3 is 5.11 Å². The van der Waals surface area contributed by atoms with Crippen molar-refractivity contribution in [2.24, 2.45) is 4.99 Å². The highest BCUT2D eigenvalue weighted by atomic mass is 35.5. The Bertz CT molecular complexity index is 724. The first kappa shape index (κ1) is 18.3. The lowest BCUT2D eigenvalue weighted by atomic mass is 9.94. The van der Waals surface area contributed by atoms with Crippen molar-refractivity contribution >= 4 is 40.5 Å². The van der Waals surface area contributed by atoms with E-state index in [0.29, 0.717) is 4.91 Å². The largest absolute Gasteiger partial charge is 0.506 e. The fourth-order valence-corrected chi connectivity index (χ4v) is 4.58. The van der Waals surface area contributed by atoms with Gasteiger partial charge in [-0.05, 0) is 62.2 Å². The summed E-state index contributed by atoms with van der Waals surface area (Å²) in [7, 11) is 0. The lowest BCUT2D eigenvalue weighted by molar-refractivity contribution is -0.124. The topological polar surface area (TPSA) is 52.9 Å². The second-order valence-corrected chi connectivity index (χ2v) is 8.21. The summed E-state index contributed by atoms with van der Waals surface area (Å²) >= 11 is 7.41. The van der Waals surface area contributed by atoms with Gasteiger partial charge in [-0.3, -0.25) is 14.7 Å². The number of amides is 1. The van der Waals surface area contributed by atoms with E-state index in [9.17, 15) is 9.90 Å². The Morgan fingerprint density at radius 1 is 1.32 bits per heavy atom. The minimum atomic E-state index is 0.0282. The lowest BCUT2D eigenvalue weighted by Crippen LogP contribution is -2.40. The zero-order valence-electron chi connectivity index (χ0n) is 14.5. The molecular formula is C19H23ClN2O2S. The molecule has 6 heteroatoms. The molecule has 1 saturated heterocycles. The van der Waals surface area contributed by atoms with Crippen LogP contribution in [-0.2, 0) is 4.79 Å². The van der Waals surface area contributed by atoms with Crippen LogP contribution in [0.25, 0.3) is 6.08 Å². The van der Waals surface area contributed by atoms with E-state index in [1.807, 2.05) is 24.8 Å². The molecular weight excluding hydrogens is 356 g/mol. The van der Waals surface area contributed by atoms with Crippen LogP contribution in [0.5, 0.6) is 5.75 Å². The maximum atomic E-state index is 13.0. The highest BCUT2D eigenvalue weighted by Gasteiger charge is 2.38. The zero-order valence-corrected chi connectivity index (χ0v) is 16.1. The Morgan fingerprint density at radius 3 is 2.68 bits per heavy atom. The number of phenolic OH excluding ortho intramolecular Hbond substituents is 1. The van der Waals surface area contributed by atoms with Crippen molar-refractivity contribution < 1.29 is 9.90 Å². The zero-order chi connectivity index (χ0) is 18.0. The van der Waals surface area contributed by atoms with Crippen LogP contribution >= 0.6 is 23.4 Å². The number of benzene rings is 1. The third-order valence-corrected chi connectivity index (χ3v) is 5.71. The number of carbonyl (C=O) groups is 1. The summed E-state index contributed by atoms with van der Waals surface area (Å²) in [4.78, 5) is 20.3. The number of aliphatic imine (C=N–C) groups is 1. The third-order valence-electron chi connectivity index (χ3n) is 4.41. The van der Waals surface area contributed by atoms with Gasteiger partial charge in [-0.1, -0.05) is 36.9 Å². The number of nitrogens with zero attached hydrogens (tertiary/aromatic N) is 2. The van der Waals surface area contributed by atoms with Gasteiger partial charge in [0.25, 0.3) is 5.91 Å². The van der Waals surface area contributed by atoms with Crippen LogP contribution in [-0.4, -0.2) is 33.2 Å². The molecule has 25 heavy (non-hydrogen) atoms. The maximum absolute atomic E-state index is 13.0. The Balaban J connectivity index is 1.92. The van der Waals surface area contributed by atoms with Crippen molar-refractivity contribution in [2.45, 2.75) is 58.0 Å². The average Bonchev–Trinajstić information content (AvgIpc) is 2.86. The molecule has 1 amide bonds. The first-order valence-electron chi connectivity index (χ1n) is 8.75. The van der Waals surface area contributed by atoms with Gasteiger partial charge in [0.2, 0.25) is 0 Å². The van der Waals surface area contributed by atoms with Crippen LogP contribution in [0.2, 0.25) is 5.02 Å². The summed E-state index contributed by atoms with van der Waals surface area (Å²) < 4.78 is 0. The third kappa shape index (κ3) is 4.21. The molecule has 0 spiro atoms. The SMILES string of the molecule is CC(C)N=C1S/C(=C\c2ccc(O)c(Cl)c2)C(=O)N1C1CCCCC1. The first-order valence-corrected chi connectivity index (χ1v) is 9.94. The van der Waals surface area contributed by atoms with Crippen molar-refractivity contribution in [1.82, 2.24) is 4.90 Å². The van der Waals surface area contributed by atoms with Gasteiger partial charge in [0.05, 0.1) is 9.93 Å². The van der Waals surface area contributed by atoms with Gasteiger partial charge in [-0.2, -0.15) is 0 Å². The van der Waals surface area contributed by atoms with E-state index in [2.05, 4.69) is 4.99 Å². The van der Waals surface area contributed by atoms with Crippen LogP contribution < -0.4 is 0 Å². The quantitative estimate of drug-likeness (QED) is 0.748. The van der Waals surface area contributed by atoms with E-state index in [4.69, 9.17) is 11.6 Å². The van der Waals surface area contributed by atoms with Crippen LogP contribution in [0, 0.1) is 0 Å². The number of hydrogen-bond acceptors (Lipinski definition) is 4. The number of amidine groups is 1. The molecule has 0 atom stereocenters. The molecule has 1 aliphatic heterocycles. The predicted molar refractivity (Wildman–Crippen MR) is 105 cm³/mol. The molecule has 2 aliphatic rings. The predicted octanol–water partition coefficient (Wildman–Crippen LogP) is 5.06. The van der Waals surface area contributed by atoms with Crippen LogP contribution in [0.15, 0.2) is 28.1 Å². The van der Waals surface area contributed by atoms with E-state index in [1.54, 1.807) is 18.2 Å². The highest BCUT2D eigenvalue weighted by Crippen LogP contribution is 2.38. The van der Waals surface area contributed by atoms with Gasteiger partial charge in [0, 0.05) is 12.1 Å². The monoisotopic (exact) mass is 378 g/mol. The number of rotatable bonds is 3. The fourth-order valence-electron chi connectivity index (χ4n) is 3.22. The molecule has 0 unspecified atom stereocenters. The number of carbonyl (C=O) groups excluding carboxylic acids is 1. The molecule has 1 aromatic rings. The molecule has 2 fully saturated rings. The van der Waals surface area contributed by atoms with Crippen LogP contribution in [0.1, 0.15) is 51.5 Å². The normalized spacial score (nSPS) is 22.6. The summed E-state index contributed by atoms with van der Waals surface area (Å²) in [5.74, 6) is 0.0700. The van der Waals surface area contributed by atoms with Gasteiger partial charge in [-0.25, -0.2) is 0 Å². The molecule has 1 aromatic carbocycles. The van der Waals surface area contributed by atoms with Gasteiger partial charge >= 0.3 is 0 Å². The minimum absolute atomic E-state index is 0.0282. The highest BCUT2D eigenvalue weighted by molar-refractivity contribution is 8.18. The number of phenols is 1. The van der Waals surface area contributed by atoms with E-state index in [1.165, 1.54) is 31.0 Å². The molecule has 3 rings (SSSR count). The molecule has 4 nitrogen and oxygen atoms in total. The molecule has 0 bridgehead atoms. The Hall–Kier alpha value is -1.46. The lowest BCUT2D eigenvalue weighted by Gasteiger charge is -2.30. The van der Waals surface area contributed by atoms with Gasteiger partial charge in [-0.15, -0.1) is 0 Å². The number of thioether (sulfide) groups is 1. The van der Waals surface area contributed by atoms with Crippen molar-refractivity contribution in [3.8, 4) is 5.75 Å². The molecule has 1 saturated carbocycles. The van der Waals surface area contributed by atoms with Crippen LogP contribution in [0.3, 0.4) is 0 Å². The van der Waals surface area contributed by atoms with Crippen molar-refractivity contribution in [3.05, 3.63) is 33.7 Å². The van der Waals surface area contributed by atoms with E-state index in [0.717, 1.165) is 23.6 Å². The van der Waals surface area contributed by atoms with E-state index >= 15 is 0 Å². The smallest absolute Gasteiger partial charge is 0.266 e. The number of hydrogen-bond donors (Lipinski definition) is 1. The molecule has 0 aromatic heterocycles. The number of aromatic hydroxyl groups is 1. The molecule has 134 valence electrons. The molecule has 1 heterocycles. The molecule has 1 aliphatic carbocycles. The summed E-state index contributed by atoms with van der Waals surface area (Å²) in [5, 5.41) is 10.6. The van der Waals surface area contributed by atoms with Crippen molar-refractivity contribution in [1.29, 1.82) is 0 Å². The summed E-state index contributed by atoms with van der Waals surface area (Å²) in [6.45, 7) is 4.05. The first-order chi connectivity index (χ1) is 12.0. The summed E-state index contributed by atoms with van der Waals surface area (Å²) in [5.41, 5.74) is 0.799. The van der Waals surface area contributed by atoms with Crippen molar-refractivity contribution in [2.75, 3.05) is 0 Å². The van der Waals surface area contributed by atoms with E-state index < -0.39 is 0 Å². The fraction of sp³-hybridized carbons (Fsp3) is 0.474. The Kier molecular flexibility index (Phi) is 5.74. The summed E-state index contributed by atoms with van der Waals surface area (Å²) in [6, 6.07) is 5.36. The molecule has 0 radical (unpaired) electrons. The second-order valence-electron chi connectivity index (χ2n) is 6.79. The van der Waals surface area contributed by atoms with E-state index in [-0.39, 0.29) is 28.8 Å². The average molecular weight is 379 g/mol. The van der Waals surface area contributed by atoms with Crippen LogP contribution in [0.4, 0.5) is 0 Å². The van der Waals surface area contributed by atoms with Gasteiger partial charge in [0.1, 0.15) is 5.75 Å². The maximum Gasteiger partial charge on any atom is 0.266 e. The van der Waals surface area contributed by atoms with Gasteiger partial charge in [0.15, 0.2) is 5.17 Å². The molecule has 1 N–H and O–H groups in total. The minimum Gasteiger partial charge on any atom is -0.506 e. The number of halogens is 1. The second kappa shape index (κ2) is 7.83. The Labute approximate surface area is 158 Å². The summed E-state index contributed by atoms with van der Waals surface area (Å²) in [6.07, 6.45) is 7.50.